The lowest BCUT2D eigenvalue weighted by molar-refractivity contribution is -0.140. The normalized spacial score (nSPS) is 18.8. The quantitative estimate of drug-likeness (QED) is 0.616. The zero-order valence-electron chi connectivity index (χ0n) is 18.9. The van der Waals surface area contributed by atoms with Crippen molar-refractivity contribution in [3.8, 4) is 0 Å². The van der Waals surface area contributed by atoms with E-state index in [-0.39, 0.29) is 35.1 Å². The van der Waals surface area contributed by atoms with Gasteiger partial charge in [-0.25, -0.2) is 13.2 Å². The third-order valence-corrected chi connectivity index (χ3v) is 7.72. The van der Waals surface area contributed by atoms with Crippen molar-refractivity contribution in [1.82, 2.24) is 4.90 Å². The van der Waals surface area contributed by atoms with Gasteiger partial charge in [0.15, 0.2) is 6.61 Å². The molecule has 1 aliphatic heterocycles. The predicted octanol–water partition coefficient (Wildman–Crippen LogP) is 3.77. The highest BCUT2D eigenvalue weighted by atomic mass is 32.2. The molecule has 172 valence electrons. The van der Waals surface area contributed by atoms with E-state index in [2.05, 4.69) is 0 Å². The Balaban J connectivity index is 1.71. The summed E-state index contributed by atoms with van der Waals surface area (Å²) in [5.41, 5.74) is 1.61. The molecule has 0 bridgehead atoms. The highest BCUT2D eigenvalue weighted by molar-refractivity contribution is 7.92. The average Bonchev–Trinajstić information content (AvgIpc) is 2.77. The molecule has 1 saturated heterocycles. The van der Waals surface area contributed by atoms with E-state index in [1.54, 1.807) is 17.0 Å². The summed E-state index contributed by atoms with van der Waals surface area (Å²) in [5, 5.41) is 0. The maximum absolute atomic E-state index is 13.1. The number of sulfonamides is 1. The number of rotatable bonds is 6. The molecule has 2 aromatic rings. The smallest absolute Gasteiger partial charge is 0.338 e. The second-order valence-electron chi connectivity index (χ2n) is 8.34. The van der Waals surface area contributed by atoms with Gasteiger partial charge in [-0.3, -0.25) is 9.10 Å². The van der Waals surface area contributed by atoms with Crippen LogP contribution in [-0.2, 0) is 19.6 Å². The Bertz CT molecular complexity index is 1070. The highest BCUT2D eigenvalue weighted by Gasteiger charge is 2.29. The number of piperidine rings is 1. The molecule has 32 heavy (non-hydrogen) atoms. The first-order valence-corrected chi connectivity index (χ1v) is 12.2. The predicted molar refractivity (Wildman–Crippen MR) is 123 cm³/mol. The number of aryl methyl sites for hydroxylation is 1. The molecule has 0 spiro atoms. The summed E-state index contributed by atoms with van der Waals surface area (Å²) in [6.07, 6.45) is 2.93. The van der Waals surface area contributed by atoms with Crippen molar-refractivity contribution < 1.29 is 22.7 Å². The number of hydrogen-bond donors (Lipinski definition) is 0. The molecule has 8 heteroatoms. The largest absolute Gasteiger partial charge is 0.452 e. The van der Waals surface area contributed by atoms with Gasteiger partial charge in [0.25, 0.3) is 15.9 Å². The molecule has 0 unspecified atom stereocenters. The molecule has 7 nitrogen and oxygen atoms in total. The van der Waals surface area contributed by atoms with Crippen molar-refractivity contribution in [1.29, 1.82) is 0 Å². The van der Waals surface area contributed by atoms with Gasteiger partial charge in [-0.1, -0.05) is 23.8 Å². The third-order valence-electron chi connectivity index (χ3n) is 5.93. The molecule has 2 aromatic carbocycles. The standard InChI is InChI=1S/C24H30N2O5S/c1-17-11-13-21(14-12-17)25(4)32(29,30)22-10-6-9-20(15-22)24(28)31-16-23(27)26-18(2)7-5-8-19(26)3/h6,9-15,18-19H,5,7-8,16H2,1-4H3/t18-,19-/m1/s1. The Morgan fingerprint density at radius 1 is 1.06 bits per heavy atom. The fraction of sp³-hybridized carbons (Fsp3) is 0.417. The van der Waals surface area contributed by atoms with Crippen LogP contribution in [0.4, 0.5) is 5.69 Å². The number of amides is 1. The molecule has 0 N–H and O–H groups in total. The lowest BCUT2D eigenvalue weighted by Gasteiger charge is -2.38. The van der Waals surface area contributed by atoms with Crippen LogP contribution >= 0.6 is 0 Å². The number of anilines is 1. The number of esters is 1. The molecule has 1 aliphatic rings. The summed E-state index contributed by atoms with van der Waals surface area (Å²) in [4.78, 5) is 26.9. The zero-order valence-corrected chi connectivity index (χ0v) is 19.8. The maximum atomic E-state index is 13.1. The Kier molecular flexibility index (Phi) is 7.23. The summed E-state index contributed by atoms with van der Waals surface area (Å²) >= 11 is 0. The van der Waals surface area contributed by atoms with Crippen molar-refractivity contribution in [3.05, 3.63) is 59.7 Å². The van der Waals surface area contributed by atoms with E-state index in [4.69, 9.17) is 4.74 Å². The monoisotopic (exact) mass is 458 g/mol. The topological polar surface area (TPSA) is 84.0 Å². The number of nitrogens with zero attached hydrogens (tertiary/aromatic N) is 2. The van der Waals surface area contributed by atoms with Gasteiger partial charge in [0.1, 0.15) is 0 Å². The zero-order chi connectivity index (χ0) is 23.5. The summed E-state index contributed by atoms with van der Waals surface area (Å²) in [7, 11) is -2.41. The van der Waals surface area contributed by atoms with Crippen LogP contribution in [0, 0.1) is 6.92 Å². The number of carbonyl (C=O) groups is 2. The van der Waals surface area contributed by atoms with Gasteiger partial charge in [0, 0.05) is 19.1 Å². The summed E-state index contributed by atoms with van der Waals surface area (Å²) in [6.45, 7) is 5.54. The van der Waals surface area contributed by atoms with E-state index in [0.717, 1.165) is 24.8 Å². The van der Waals surface area contributed by atoms with Gasteiger partial charge in [-0.05, 0) is 70.4 Å². The van der Waals surface area contributed by atoms with Crippen LogP contribution in [0.3, 0.4) is 0 Å². The number of hydrogen-bond acceptors (Lipinski definition) is 5. The van der Waals surface area contributed by atoms with Crippen molar-refractivity contribution >= 4 is 27.6 Å². The van der Waals surface area contributed by atoms with E-state index in [9.17, 15) is 18.0 Å². The first kappa shape index (κ1) is 23.8. The molecular formula is C24H30N2O5S. The molecule has 3 rings (SSSR count). The van der Waals surface area contributed by atoms with E-state index in [1.807, 2.05) is 32.9 Å². The number of benzene rings is 2. The SMILES string of the molecule is Cc1ccc(N(C)S(=O)(=O)c2cccc(C(=O)OCC(=O)N3[C@H](C)CCC[C@H]3C)c2)cc1. The molecule has 2 atom stereocenters. The van der Waals surface area contributed by atoms with Crippen LogP contribution in [0.25, 0.3) is 0 Å². The van der Waals surface area contributed by atoms with Gasteiger partial charge in [-0.2, -0.15) is 0 Å². The fourth-order valence-electron chi connectivity index (χ4n) is 4.03. The van der Waals surface area contributed by atoms with Crippen LogP contribution in [-0.4, -0.2) is 50.9 Å². The van der Waals surface area contributed by atoms with Gasteiger partial charge < -0.3 is 9.64 Å². The molecule has 1 fully saturated rings. The van der Waals surface area contributed by atoms with Crippen LogP contribution in [0.5, 0.6) is 0 Å². The molecular weight excluding hydrogens is 428 g/mol. The summed E-state index contributed by atoms with van der Waals surface area (Å²) in [6, 6.07) is 13.0. The molecule has 0 aliphatic carbocycles. The van der Waals surface area contributed by atoms with Gasteiger partial charge >= 0.3 is 5.97 Å². The summed E-state index contributed by atoms with van der Waals surface area (Å²) in [5.74, 6) is -0.966. The van der Waals surface area contributed by atoms with Gasteiger partial charge in [0.2, 0.25) is 0 Å². The molecule has 0 radical (unpaired) electrons. The first-order valence-electron chi connectivity index (χ1n) is 10.7. The second-order valence-corrected chi connectivity index (χ2v) is 10.3. The van der Waals surface area contributed by atoms with Crippen molar-refractivity contribution in [2.45, 2.75) is 57.0 Å². The Morgan fingerprint density at radius 3 is 2.31 bits per heavy atom. The second kappa shape index (κ2) is 9.73. The highest BCUT2D eigenvalue weighted by Crippen LogP contribution is 2.24. The van der Waals surface area contributed by atoms with Crippen LogP contribution < -0.4 is 4.31 Å². The Labute approximate surface area is 190 Å². The molecule has 1 heterocycles. The average molecular weight is 459 g/mol. The van der Waals surface area contributed by atoms with Crippen LogP contribution in [0.1, 0.15) is 49.0 Å². The van der Waals surface area contributed by atoms with Crippen LogP contribution in [0.15, 0.2) is 53.4 Å². The molecule has 0 saturated carbocycles. The van der Waals surface area contributed by atoms with Gasteiger partial charge in [-0.15, -0.1) is 0 Å². The first-order chi connectivity index (χ1) is 15.1. The minimum absolute atomic E-state index is 0.0281. The van der Waals surface area contributed by atoms with Crippen LogP contribution in [0.2, 0.25) is 0 Å². The van der Waals surface area contributed by atoms with Crippen molar-refractivity contribution in [2.24, 2.45) is 0 Å². The fourth-order valence-corrected chi connectivity index (χ4v) is 5.28. The molecule has 0 aromatic heterocycles. The van der Waals surface area contributed by atoms with Crippen molar-refractivity contribution in [2.75, 3.05) is 18.0 Å². The van der Waals surface area contributed by atoms with E-state index < -0.39 is 16.0 Å². The third kappa shape index (κ3) is 5.12. The lowest BCUT2D eigenvalue weighted by atomic mass is 9.97. The summed E-state index contributed by atoms with van der Waals surface area (Å²) < 4.78 is 32.5. The lowest BCUT2D eigenvalue weighted by Crippen LogP contribution is -2.49. The van der Waals surface area contributed by atoms with E-state index in [1.165, 1.54) is 35.6 Å². The Morgan fingerprint density at radius 2 is 1.69 bits per heavy atom. The van der Waals surface area contributed by atoms with Gasteiger partial charge in [0.05, 0.1) is 16.1 Å². The molecule has 1 amide bonds. The minimum atomic E-state index is -3.87. The van der Waals surface area contributed by atoms with E-state index in [0.29, 0.717) is 5.69 Å². The van der Waals surface area contributed by atoms with E-state index >= 15 is 0 Å². The number of carbonyl (C=O) groups excluding carboxylic acids is 2. The Hall–Kier alpha value is -2.87. The number of likely N-dealkylation sites (tertiary alicyclic amines) is 1. The maximum Gasteiger partial charge on any atom is 0.338 e. The van der Waals surface area contributed by atoms with Crippen molar-refractivity contribution in [3.63, 3.8) is 0 Å². The minimum Gasteiger partial charge on any atom is -0.452 e. The number of ether oxygens (including phenoxy) is 1.